The van der Waals surface area contributed by atoms with Crippen molar-refractivity contribution in [3.63, 3.8) is 0 Å². The molecule has 0 bridgehead atoms. The molecule has 0 atom stereocenters. The highest BCUT2D eigenvalue weighted by Gasteiger charge is 2.19. The fourth-order valence-electron chi connectivity index (χ4n) is 1.56. The van der Waals surface area contributed by atoms with Gasteiger partial charge in [-0.15, -0.1) is 0 Å². The Morgan fingerprint density at radius 1 is 1.41 bits per heavy atom. The summed E-state index contributed by atoms with van der Waals surface area (Å²) in [5, 5.41) is 10.2. The summed E-state index contributed by atoms with van der Waals surface area (Å²) >= 11 is 0. The Morgan fingerprint density at radius 3 is 3.00 bits per heavy atom. The fraction of sp³-hybridized carbons (Fsp3) is 0.727. The molecule has 1 fully saturated rings. The number of carbonyl (C=O) groups excluding carboxylic acids is 1. The zero-order valence-electron chi connectivity index (χ0n) is 9.93. The van der Waals surface area contributed by atoms with Crippen LogP contribution in [0.25, 0.3) is 0 Å². The van der Waals surface area contributed by atoms with Gasteiger partial charge >= 0.3 is 0 Å². The Hall–Kier alpha value is -1.43. The van der Waals surface area contributed by atoms with E-state index < -0.39 is 0 Å². The molecule has 6 heteroatoms. The zero-order valence-corrected chi connectivity index (χ0v) is 9.93. The molecule has 0 spiro atoms. The van der Waals surface area contributed by atoms with Gasteiger partial charge in [0.2, 0.25) is 5.91 Å². The van der Waals surface area contributed by atoms with Crippen LogP contribution in [-0.2, 0) is 11.3 Å². The number of amides is 1. The van der Waals surface area contributed by atoms with Crippen LogP contribution in [0, 0.1) is 0 Å². The Labute approximate surface area is 101 Å². The van der Waals surface area contributed by atoms with Crippen molar-refractivity contribution in [3.05, 3.63) is 12.7 Å². The first-order valence-electron chi connectivity index (χ1n) is 6.17. The van der Waals surface area contributed by atoms with Crippen LogP contribution in [-0.4, -0.2) is 39.8 Å². The second-order valence-corrected chi connectivity index (χ2v) is 4.34. The standard InChI is InChI=1S/C11H19N5O/c17-11(4-7-16-9-12-8-15-16)14-6-1-5-13-10-2-3-10/h8-10,13H,1-7H2,(H,14,17). The van der Waals surface area contributed by atoms with Crippen molar-refractivity contribution >= 4 is 5.91 Å². The van der Waals surface area contributed by atoms with Crippen LogP contribution in [0.2, 0.25) is 0 Å². The third kappa shape index (κ3) is 4.95. The molecule has 1 aliphatic carbocycles. The molecule has 17 heavy (non-hydrogen) atoms. The Kier molecular flexibility index (Phi) is 4.49. The molecule has 0 unspecified atom stereocenters. The van der Waals surface area contributed by atoms with Crippen LogP contribution < -0.4 is 10.6 Å². The first-order valence-corrected chi connectivity index (χ1v) is 6.17. The molecular formula is C11H19N5O. The number of aromatic nitrogens is 3. The van der Waals surface area contributed by atoms with Gasteiger partial charge in [0.15, 0.2) is 0 Å². The smallest absolute Gasteiger partial charge is 0.221 e. The van der Waals surface area contributed by atoms with Crippen molar-refractivity contribution in [2.75, 3.05) is 13.1 Å². The maximum Gasteiger partial charge on any atom is 0.221 e. The molecule has 6 nitrogen and oxygen atoms in total. The summed E-state index contributed by atoms with van der Waals surface area (Å²) in [5.74, 6) is 0.0759. The second kappa shape index (κ2) is 6.34. The lowest BCUT2D eigenvalue weighted by Crippen LogP contribution is -2.28. The van der Waals surface area contributed by atoms with Gasteiger partial charge in [0.25, 0.3) is 0 Å². The zero-order chi connectivity index (χ0) is 11.9. The van der Waals surface area contributed by atoms with Gasteiger partial charge < -0.3 is 10.6 Å². The van der Waals surface area contributed by atoms with Crippen molar-refractivity contribution < 1.29 is 4.79 Å². The molecule has 1 aromatic heterocycles. The van der Waals surface area contributed by atoms with Gasteiger partial charge in [0.05, 0.1) is 6.54 Å². The second-order valence-electron chi connectivity index (χ2n) is 4.34. The Balaban J connectivity index is 1.45. The van der Waals surface area contributed by atoms with Gasteiger partial charge in [-0.05, 0) is 25.8 Å². The molecule has 0 radical (unpaired) electrons. The van der Waals surface area contributed by atoms with Gasteiger partial charge in [-0.3, -0.25) is 9.48 Å². The topological polar surface area (TPSA) is 71.8 Å². The molecule has 1 aromatic rings. The largest absolute Gasteiger partial charge is 0.356 e. The van der Waals surface area contributed by atoms with E-state index in [1.807, 2.05) is 0 Å². The van der Waals surface area contributed by atoms with Crippen molar-refractivity contribution in [2.45, 2.75) is 38.3 Å². The van der Waals surface area contributed by atoms with Gasteiger partial charge in [-0.25, -0.2) is 4.98 Å². The summed E-state index contributed by atoms with van der Waals surface area (Å²) in [6.07, 6.45) is 7.16. The highest BCUT2D eigenvalue weighted by atomic mass is 16.1. The summed E-state index contributed by atoms with van der Waals surface area (Å²) in [5.41, 5.74) is 0. The van der Waals surface area contributed by atoms with E-state index in [9.17, 15) is 4.79 Å². The number of nitrogens with one attached hydrogen (secondary N) is 2. The third-order valence-electron chi connectivity index (χ3n) is 2.72. The van der Waals surface area contributed by atoms with Crippen LogP contribution in [0.4, 0.5) is 0 Å². The molecule has 1 heterocycles. The Bertz CT molecular complexity index is 334. The highest BCUT2D eigenvalue weighted by molar-refractivity contribution is 5.75. The average molecular weight is 237 g/mol. The lowest BCUT2D eigenvalue weighted by atomic mass is 10.3. The molecule has 0 saturated heterocycles. The van der Waals surface area contributed by atoms with Gasteiger partial charge in [-0.2, -0.15) is 5.10 Å². The molecule has 94 valence electrons. The molecular weight excluding hydrogens is 218 g/mol. The molecule has 2 rings (SSSR count). The normalized spacial score (nSPS) is 14.8. The van der Waals surface area contributed by atoms with Gasteiger partial charge in [0.1, 0.15) is 12.7 Å². The van der Waals surface area contributed by atoms with E-state index >= 15 is 0 Å². The fourth-order valence-corrected chi connectivity index (χ4v) is 1.56. The molecule has 2 N–H and O–H groups in total. The van der Waals surface area contributed by atoms with Crippen LogP contribution in [0.3, 0.4) is 0 Å². The summed E-state index contributed by atoms with van der Waals surface area (Å²) in [4.78, 5) is 15.3. The quantitative estimate of drug-likeness (QED) is 0.621. The van der Waals surface area contributed by atoms with E-state index in [1.54, 1.807) is 11.0 Å². The number of hydrogen-bond acceptors (Lipinski definition) is 4. The molecule has 1 amide bonds. The van der Waals surface area contributed by atoms with E-state index in [0.717, 1.165) is 25.6 Å². The summed E-state index contributed by atoms with van der Waals surface area (Å²) in [7, 11) is 0. The maximum atomic E-state index is 11.5. The number of carbonyl (C=O) groups is 1. The number of nitrogens with zero attached hydrogens (tertiary/aromatic N) is 3. The number of rotatable bonds is 8. The van der Waals surface area contributed by atoms with Crippen molar-refractivity contribution in [3.8, 4) is 0 Å². The maximum absolute atomic E-state index is 11.5. The Morgan fingerprint density at radius 2 is 2.29 bits per heavy atom. The number of hydrogen-bond donors (Lipinski definition) is 2. The van der Waals surface area contributed by atoms with E-state index in [0.29, 0.717) is 13.0 Å². The van der Waals surface area contributed by atoms with Crippen LogP contribution in [0.1, 0.15) is 25.7 Å². The molecule has 1 aliphatic rings. The summed E-state index contributed by atoms with van der Waals surface area (Å²) in [6.45, 7) is 2.33. The molecule has 0 aliphatic heterocycles. The van der Waals surface area contributed by atoms with E-state index in [2.05, 4.69) is 20.7 Å². The highest BCUT2D eigenvalue weighted by Crippen LogP contribution is 2.18. The van der Waals surface area contributed by atoms with Crippen LogP contribution >= 0.6 is 0 Å². The van der Waals surface area contributed by atoms with E-state index in [4.69, 9.17) is 0 Å². The van der Waals surface area contributed by atoms with Gasteiger partial charge in [0, 0.05) is 19.0 Å². The third-order valence-corrected chi connectivity index (χ3v) is 2.72. The average Bonchev–Trinajstić information content (AvgIpc) is 3.00. The molecule has 1 saturated carbocycles. The van der Waals surface area contributed by atoms with Crippen LogP contribution in [0.15, 0.2) is 12.7 Å². The van der Waals surface area contributed by atoms with Crippen molar-refractivity contribution in [1.29, 1.82) is 0 Å². The summed E-state index contributed by atoms with van der Waals surface area (Å²) in [6, 6.07) is 0.748. The summed E-state index contributed by atoms with van der Waals surface area (Å²) < 4.78 is 1.66. The lowest BCUT2D eigenvalue weighted by Gasteiger charge is -2.05. The van der Waals surface area contributed by atoms with Gasteiger partial charge in [-0.1, -0.05) is 0 Å². The predicted molar refractivity (Wildman–Crippen MR) is 63.3 cm³/mol. The minimum atomic E-state index is 0.0759. The van der Waals surface area contributed by atoms with Crippen LogP contribution in [0.5, 0.6) is 0 Å². The van der Waals surface area contributed by atoms with E-state index in [1.165, 1.54) is 19.2 Å². The minimum Gasteiger partial charge on any atom is -0.356 e. The predicted octanol–water partition coefficient (Wildman–Crippen LogP) is -0.0735. The van der Waals surface area contributed by atoms with Crippen molar-refractivity contribution in [1.82, 2.24) is 25.4 Å². The molecule has 0 aromatic carbocycles. The minimum absolute atomic E-state index is 0.0759. The lowest BCUT2D eigenvalue weighted by molar-refractivity contribution is -0.121. The van der Waals surface area contributed by atoms with E-state index in [-0.39, 0.29) is 5.91 Å². The monoisotopic (exact) mass is 237 g/mol. The number of aryl methyl sites for hydroxylation is 1. The first-order chi connectivity index (χ1) is 8.34. The SMILES string of the molecule is O=C(CCn1cncn1)NCCCNC1CC1. The van der Waals surface area contributed by atoms with Crippen molar-refractivity contribution in [2.24, 2.45) is 0 Å². The first kappa shape index (κ1) is 12.0.